The van der Waals surface area contributed by atoms with E-state index in [1.807, 2.05) is 0 Å². The third kappa shape index (κ3) is 26.9. The van der Waals surface area contributed by atoms with E-state index in [0.29, 0.717) is 19.3 Å². The van der Waals surface area contributed by atoms with Crippen LogP contribution >= 0.6 is 0 Å². The molecule has 0 aliphatic heterocycles. The molecule has 0 saturated carbocycles. The molecule has 1 N–H and O–H groups in total. The molecule has 0 rings (SSSR count). The van der Waals surface area contributed by atoms with Crippen LogP contribution in [-0.4, -0.2) is 29.9 Å². The van der Waals surface area contributed by atoms with Crippen LogP contribution in [0, 0.1) is 0 Å². The summed E-state index contributed by atoms with van der Waals surface area (Å²) in [4.78, 5) is 0. The summed E-state index contributed by atoms with van der Waals surface area (Å²) in [5.41, 5.74) is 0. The SMILES string of the molecule is CCCCCCCCCCCCCCCCC(O)CCCCS(=O)(=O)[O-].[Na+]. The molecule has 0 fully saturated rings. The molecule has 0 aliphatic rings. The Morgan fingerprint density at radius 3 is 1.37 bits per heavy atom. The van der Waals surface area contributed by atoms with Gasteiger partial charge in [-0.1, -0.05) is 96.8 Å². The number of aliphatic hydroxyl groups excluding tert-OH is 1. The van der Waals surface area contributed by atoms with Crippen molar-refractivity contribution in [2.75, 3.05) is 5.75 Å². The average Bonchev–Trinajstić information content (AvgIpc) is 2.58. The van der Waals surface area contributed by atoms with Gasteiger partial charge in [0.1, 0.15) is 0 Å². The summed E-state index contributed by atoms with van der Waals surface area (Å²) < 4.78 is 31.4. The molecule has 4 nitrogen and oxygen atoms in total. The van der Waals surface area contributed by atoms with Gasteiger partial charge in [0.05, 0.1) is 16.2 Å². The molecule has 0 aromatic carbocycles. The molecule has 0 radical (unpaired) electrons. The van der Waals surface area contributed by atoms with Crippen LogP contribution in [0.5, 0.6) is 0 Å². The second-order valence-corrected chi connectivity index (χ2v) is 9.32. The van der Waals surface area contributed by atoms with Crippen molar-refractivity contribution in [2.24, 2.45) is 0 Å². The van der Waals surface area contributed by atoms with Crippen molar-refractivity contribution >= 4 is 10.1 Å². The van der Waals surface area contributed by atoms with Crippen molar-refractivity contribution in [3.63, 3.8) is 0 Å². The predicted molar refractivity (Wildman–Crippen MR) is 109 cm³/mol. The maximum Gasteiger partial charge on any atom is 1.00 e. The molecule has 158 valence electrons. The van der Waals surface area contributed by atoms with Gasteiger partial charge in [0.15, 0.2) is 0 Å². The van der Waals surface area contributed by atoms with Crippen molar-refractivity contribution in [3.05, 3.63) is 0 Å². The van der Waals surface area contributed by atoms with Crippen molar-refractivity contribution in [2.45, 2.75) is 129 Å². The first kappa shape index (κ1) is 30.1. The van der Waals surface area contributed by atoms with Gasteiger partial charge in [0.25, 0.3) is 0 Å². The van der Waals surface area contributed by atoms with E-state index in [-0.39, 0.29) is 41.4 Å². The van der Waals surface area contributed by atoms with E-state index in [0.717, 1.165) is 12.8 Å². The van der Waals surface area contributed by atoms with Crippen molar-refractivity contribution < 1.29 is 47.6 Å². The van der Waals surface area contributed by atoms with Gasteiger partial charge in [-0.25, -0.2) is 8.42 Å². The Hall–Kier alpha value is 0.870. The summed E-state index contributed by atoms with van der Waals surface area (Å²) in [5.74, 6) is -0.307. The summed E-state index contributed by atoms with van der Waals surface area (Å²) in [6.45, 7) is 2.26. The molecule has 0 bridgehead atoms. The van der Waals surface area contributed by atoms with Crippen LogP contribution in [0.4, 0.5) is 0 Å². The average molecular weight is 415 g/mol. The minimum Gasteiger partial charge on any atom is -0.748 e. The monoisotopic (exact) mass is 414 g/mol. The normalized spacial score (nSPS) is 12.7. The van der Waals surface area contributed by atoms with Gasteiger partial charge in [-0.15, -0.1) is 0 Å². The Balaban J connectivity index is 0. The zero-order valence-corrected chi connectivity index (χ0v) is 20.9. The van der Waals surface area contributed by atoms with Crippen LogP contribution in [0.15, 0.2) is 0 Å². The van der Waals surface area contributed by atoms with Crippen molar-refractivity contribution in [1.29, 1.82) is 0 Å². The molecule has 1 unspecified atom stereocenters. The molecule has 0 aromatic heterocycles. The first-order valence-corrected chi connectivity index (χ1v) is 12.6. The Labute approximate surface area is 191 Å². The van der Waals surface area contributed by atoms with Gasteiger partial charge < -0.3 is 9.66 Å². The minimum absolute atomic E-state index is 0. The Kier molecular flexibility index (Phi) is 24.0. The first-order chi connectivity index (χ1) is 12.5. The van der Waals surface area contributed by atoms with Crippen LogP contribution in [0.2, 0.25) is 0 Å². The van der Waals surface area contributed by atoms with Crippen LogP contribution in [0.3, 0.4) is 0 Å². The maximum absolute atomic E-state index is 10.5. The Bertz CT molecular complexity index is 388. The van der Waals surface area contributed by atoms with Crippen LogP contribution in [0.25, 0.3) is 0 Å². The van der Waals surface area contributed by atoms with E-state index >= 15 is 0 Å². The molecule has 0 aromatic rings. The number of rotatable bonds is 20. The molecular weight excluding hydrogens is 371 g/mol. The molecule has 0 aliphatic carbocycles. The standard InChI is InChI=1S/C21H44O4S.Na/c1-2-3-4-5-6-7-8-9-10-11-12-13-14-15-18-21(22)19-16-17-20-26(23,24)25;/h21-22H,2-20H2,1H3,(H,23,24,25);/q;+1/p-1. The second kappa shape index (κ2) is 21.6. The fourth-order valence-corrected chi connectivity index (χ4v) is 3.94. The smallest absolute Gasteiger partial charge is 0.748 e. The fourth-order valence-electron chi connectivity index (χ4n) is 3.38. The van der Waals surface area contributed by atoms with E-state index in [2.05, 4.69) is 6.92 Å². The summed E-state index contributed by atoms with van der Waals surface area (Å²) in [6, 6.07) is 0. The quantitative estimate of drug-likeness (QED) is 0.189. The van der Waals surface area contributed by atoms with E-state index in [9.17, 15) is 18.1 Å². The Morgan fingerprint density at radius 2 is 1.00 bits per heavy atom. The molecule has 6 heteroatoms. The molecule has 1 atom stereocenters. The number of aliphatic hydroxyl groups is 1. The molecule has 0 amide bonds. The van der Waals surface area contributed by atoms with E-state index in [1.165, 1.54) is 83.5 Å². The van der Waals surface area contributed by atoms with Gasteiger partial charge >= 0.3 is 29.6 Å². The van der Waals surface area contributed by atoms with Crippen LogP contribution < -0.4 is 29.6 Å². The molecular formula is C21H43NaO4S. The number of hydrogen-bond acceptors (Lipinski definition) is 4. The number of unbranched alkanes of at least 4 members (excludes halogenated alkanes) is 14. The number of hydrogen-bond donors (Lipinski definition) is 1. The van der Waals surface area contributed by atoms with Gasteiger partial charge in [0.2, 0.25) is 0 Å². The fraction of sp³-hybridized carbons (Fsp3) is 1.00. The Morgan fingerprint density at radius 1 is 0.667 bits per heavy atom. The topological polar surface area (TPSA) is 77.4 Å². The molecule has 27 heavy (non-hydrogen) atoms. The largest absolute Gasteiger partial charge is 1.00 e. The molecule has 0 spiro atoms. The van der Waals surface area contributed by atoms with E-state index < -0.39 is 10.1 Å². The van der Waals surface area contributed by atoms with Gasteiger partial charge in [-0.05, 0) is 25.7 Å². The van der Waals surface area contributed by atoms with Crippen molar-refractivity contribution in [1.82, 2.24) is 0 Å². The summed E-state index contributed by atoms with van der Waals surface area (Å²) >= 11 is 0. The van der Waals surface area contributed by atoms with E-state index in [4.69, 9.17) is 0 Å². The summed E-state index contributed by atoms with van der Waals surface area (Å²) in [6.07, 6.45) is 20.6. The predicted octanol–water partition coefficient (Wildman–Crippen LogP) is 2.94. The van der Waals surface area contributed by atoms with Crippen LogP contribution in [-0.2, 0) is 10.1 Å². The van der Waals surface area contributed by atoms with Gasteiger partial charge in [0, 0.05) is 5.75 Å². The minimum atomic E-state index is -4.10. The molecule has 0 heterocycles. The third-order valence-electron chi connectivity index (χ3n) is 5.07. The zero-order valence-electron chi connectivity index (χ0n) is 18.1. The van der Waals surface area contributed by atoms with Gasteiger partial charge in [-0.2, -0.15) is 0 Å². The second-order valence-electron chi connectivity index (χ2n) is 7.80. The summed E-state index contributed by atoms with van der Waals surface area (Å²) in [5, 5.41) is 9.84. The third-order valence-corrected chi connectivity index (χ3v) is 5.86. The summed E-state index contributed by atoms with van der Waals surface area (Å²) in [7, 11) is -4.10. The van der Waals surface area contributed by atoms with Gasteiger partial charge in [-0.3, -0.25) is 0 Å². The molecule has 0 saturated heterocycles. The van der Waals surface area contributed by atoms with Crippen molar-refractivity contribution in [3.8, 4) is 0 Å². The maximum atomic E-state index is 10.5. The first-order valence-electron chi connectivity index (χ1n) is 11.1. The van der Waals surface area contributed by atoms with Crippen LogP contribution in [0.1, 0.15) is 122 Å². The zero-order chi connectivity index (χ0) is 19.5. The van der Waals surface area contributed by atoms with E-state index in [1.54, 1.807) is 0 Å².